The van der Waals surface area contributed by atoms with Crippen LogP contribution in [0.5, 0.6) is 0 Å². The Bertz CT molecular complexity index is 409. The minimum atomic E-state index is -0.226. The third kappa shape index (κ3) is 3.94. The van der Waals surface area contributed by atoms with Crippen LogP contribution in [0.25, 0.3) is 0 Å². The van der Waals surface area contributed by atoms with E-state index in [0.717, 1.165) is 4.53 Å². The van der Waals surface area contributed by atoms with Crippen molar-refractivity contribution in [3.63, 3.8) is 0 Å². The second-order valence-corrected chi connectivity index (χ2v) is 2.92. The molecule has 1 rings (SSSR count). The zero-order valence-electron chi connectivity index (χ0n) is 7.38. The first-order valence-corrected chi connectivity index (χ1v) is 4.50. The van der Waals surface area contributed by atoms with Gasteiger partial charge in [-0.05, 0) is 23.7 Å². The van der Waals surface area contributed by atoms with Gasteiger partial charge >= 0.3 is 0 Å². The number of hydrogen-bond donors (Lipinski definition) is 0. The van der Waals surface area contributed by atoms with Gasteiger partial charge in [0, 0.05) is 11.8 Å². The lowest BCUT2D eigenvalue weighted by Crippen LogP contribution is -2.02. The summed E-state index contributed by atoms with van der Waals surface area (Å²) in [5, 5.41) is 17.8. The van der Waals surface area contributed by atoms with Crippen LogP contribution < -0.4 is 4.53 Å². The molecule has 0 aliphatic heterocycles. The molecule has 0 fully saturated rings. The Morgan fingerprint density at radius 3 is 2.60 bits per heavy atom. The maximum absolute atomic E-state index is 8.10. The van der Waals surface area contributed by atoms with Crippen molar-refractivity contribution in [1.82, 2.24) is 0 Å². The molecular formula is C8H5Cl2N5. The highest BCUT2D eigenvalue weighted by molar-refractivity contribution is 6.65. The number of nitriles is 1. The summed E-state index contributed by atoms with van der Waals surface area (Å²) < 4.78 is 1.01. The van der Waals surface area contributed by atoms with E-state index in [0.29, 0.717) is 5.69 Å². The highest BCUT2D eigenvalue weighted by Crippen LogP contribution is 2.16. The Morgan fingerprint density at radius 2 is 2.00 bits per heavy atom. The van der Waals surface area contributed by atoms with Crippen molar-refractivity contribution < 1.29 is 0 Å². The third-order valence-corrected chi connectivity index (χ3v) is 1.74. The molecular weight excluding hydrogens is 237 g/mol. The fourth-order valence-corrected chi connectivity index (χ4v) is 1.10. The minimum absolute atomic E-state index is 0.226. The van der Waals surface area contributed by atoms with Crippen molar-refractivity contribution in [1.29, 1.82) is 5.26 Å². The van der Waals surface area contributed by atoms with Crippen LogP contribution >= 0.6 is 23.4 Å². The fourth-order valence-electron chi connectivity index (χ4n) is 0.765. The summed E-state index contributed by atoms with van der Waals surface area (Å²) >= 11 is 11.3. The molecule has 0 aliphatic carbocycles. The van der Waals surface area contributed by atoms with Gasteiger partial charge in [-0.25, -0.2) is 0 Å². The number of anilines is 1. The monoisotopic (exact) mass is 241 g/mol. The van der Waals surface area contributed by atoms with Gasteiger partial charge in [0.1, 0.15) is 0 Å². The Hall–Kier alpha value is -1.64. The Kier molecular flexibility index (Phi) is 4.54. The quantitative estimate of drug-likeness (QED) is 0.152. The summed E-state index contributed by atoms with van der Waals surface area (Å²) in [6, 6.07) is 8.91. The van der Waals surface area contributed by atoms with Crippen LogP contribution in [0.2, 0.25) is 0 Å². The summed E-state index contributed by atoms with van der Waals surface area (Å²) in [5.74, 6) is 0. The van der Waals surface area contributed by atoms with Crippen LogP contribution in [0.15, 0.2) is 45.7 Å². The summed E-state index contributed by atoms with van der Waals surface area (Å²) in [6.45, 7) is 0. The van der Waals surface area contributed by atoms with Gasteiger partial charge in [-0.3, -0.25) is 0 Å². The van der Waals surface area contributed by atoms with Crippen LogP contribution in [0.1, 0.15) is 0 Å². The average molecular weight is 242 g/mol. The van der Waals surface area contributed by atoms with Gasteiger partial charge < -0.3 is 0 Å². The molecule has 0 aliphatic rings. The molecule has 0 bridgehead atoms. The van der Waals surface area contributed by atoms with Gasteiger partial charge in [-0.15, -0.1) is 10.2 Å². The highest BCUT2D eigenvalue weighted by atomic mass is 35.5. The van der Waals surface area contributed by atoms with Crippen LogP contribution in [-0.4, -0.2) is 5.29 Å². The van der Waals surface area contributed by atoms with Gasteiger partial charge in [0.25, 0.3) is 5.29 Å². The van der Waals surface area contributed by atoms with Crippen molar-refractivity contribution in [3.8, 4) is 6.19 Å². The van der Waals surface area contributed by atoms with Crippen LogP contribution in [0.3, 0.4) is 0 Å². The topological polar surface area (TPSA) is 64.1 Å². The first-order chi connectivity index (χ1) is 7.24. The molecule has 0 saturated carbocycles. The van der Waals surface area contributed by atoms with Gasteiger partial charge in [-0.1, -0.05) is 23.3 Å². The number of azo groups is 1. The minimum Gasteiger partial charge on any atom is -0.170 e. The number of nitrogens with zero attached hydrogens (tertiary/aromatic N) is 5. The number of rotatable bonds is 2. The maximum atomic E-state index is 8.10. The third-order valence-electron chi connectivity index (χ3n) is 1.32. The van der Waals surface area contributed by atoms with Crippen LogP contribution in [-0.2, 0) is 0 Å². The zero-order valence-corrected chi connectivity index (χ0v) is 8.89. The van der Waals surface area contributed by atoms with E-state index in [4.69, 9.17) is 28.6 Å². The molecule has 15 heavy (non-hydrogen) atoms. The molecule has 7 heteroatoms. The smallest absolute Gasteiger partial charge is 0.170 e. The molecule has 76 valence electrons. The Labute approximate surface area is 96.3 Å². The second kappa shape index (κ2) is 5.96. The number of hydrogen-bond acceptors (Lipinski definition) is 4. The molecule has 0 aromatic heterocycles. The van der Waals surface area contributed by atoms with Crippen molar-refractivity contribution >= 4 is 34.4 Å². The van der Waals surface area contributed by atoms with Crippen LogP contribution in [0.4, 0.5) is 5.69 Å². The lowest BCUT2D eigenvalue weighted by atomic mass is 10.3. The fraction of sp³-hybridized carbons (Fsp3) is 0. The normalized spacial score (nSPS) is 11.4. The molecule has 0 atom stereocenters. The lowest BCUT2D eigenvalue weighted by molar-refractivity contribution is 1.16. The number of hydrazone groups is 1. The zero-order chi connectivity index (χ0) is 11.1. The maximum Gasteiger partial charge on any atom is 0.262 e. The van der Waals surface area contributed by atoms with Gasteiger partial charge in [-0.2, -0.15) is 9.79 Å². The molecule has 0 amide bonds. The Balaban J connectivity index is 2.75. The van der Waals surface area contributed by atoms with Gasteiger partial charge in [0.05, 0.1) is 5.69 Å². The standard InChI is InChI=1S/C8H5Cl2N5/c9-8(13-12-6-11)14-15(10)7-4-2-1-3-5-7/h1-5H. The molecule has 0 saturated heterocycles. The van der Waals surface area contributed by atoms with E-state index >= 15 is 0 Å². The predicted octanol–water partition coefficient (Wildman–Crippen LogP) is 3.09. The first-order valence-electron chi connectivity index (χ1n) is 3.79. The largest absolute Gasteiger partial charge is 0.262 e. The van der Waals surface area contributed by atoms with Gasteiger partial charge in [0.15, 0.2) is 0 Å². The lowest BCUT2D eigenvalue weighted by Gasteiger charge is -2.07. The summed E-state index contributed by atoms with van der Waals surface area (Å²) in [7, 11) is 0. The summed E-state index contributed by atoms with van der Waals surface area (Å²) in [6.07, 6.45) is 1.44. The summed E-state index contributed by atoms with van der Waals surface area (Å²) in [4.78, 5) is 0. The highest BCUT2D eigenvalue weighted by Gasteiger charge is 2.01. The number of para-hydroxylation sites is 1. The second-order valence-electron chi connectivity index (χ2n) is 2.26. The van der Waals surface area contributed by atoms with E-state index < -0.39 is 0 Å². The number of benzene rings is 1. The first kappa shape index (κ1) is 11.4. The number of halogens is 2. The Morgan fingerprint density at radius 1 is 1.33 bits per heavy atom. The van der Waals surface area contributed by atoms with Gasteiger partial charge in [0.2, 0.25) is 6.19 Å². The van der Waals surface area contributed by atoms with E-state index in [1.54, 1.807) is 24.3 Å². The SMILES string of the molecule is N#CN=NC(Cl)=NN(Cl)c1ccccc1. The molecule has 0 N–H and O–H groups in total. The number of amidine groups is 1. The molecule has 1 aromatic carbocycles. The summed E-state index contributed by atoms with van der Waals surface area (Å²) in [5.41, 5.74) is 0.629. The van der Waals surface area contributed by atoms with Crippen molar-refractivity contribution in [2.45, 2.75) is 0 Å². The molecule has 1 aromatic rings. The molecule has 0 unspecified atom stereocenters. The molecule has 0 heterocycles. The van der Waals surface area contributed by atoms with E-state index in [1.807, 2.05) is 6.07 Å². The van der Waals surface area contributed by atoms with E-state index in [-0.39, 0.29) is 5.29 Å². The van der Waals surface area contributed by atoms with E-state index in [9.17, 15) is 0 Å². The van der Waals surface area contributed by atoms with Crippen molar-refractivity contribution in [2.24, 2.45) is 15.3 Å². The van der Waals surface area contributed by atoms with Crippen molar-refractivity contribution in [2.75, 3.05) is 4.53 Å². The van der Waals surface area contributed by atoms with Crippen molar-refractivity contribution in [3.05, 3.63) is 30.3 Å². The van der Waals surface area contributed by atoms with Crippen LogP contribution in [0, 0.1) is 11.5 Å². The average Bonchev–Trinajstić information content (AvgIpc) is 2.27. The molecule has 0 radical (unpaired) electrons. The van der Waals surface area contributed by atoms with E-state index in [1.165, 1.54) is 6.19 Å². The molecule has 5 nitrogen and oxygen atoms in total. The molecule has 0 spiro atoms. The predicted molar refractivity (Wildman–Crippen MR) is 58.5 cm³/mol. The van der Waals surface area contributed by atoms with E-state index in [2.05, 4.69) is 15.3 Å².